The maximum atomic E-state index is 13.1. The first kappa shape index (κ1) is 20.2. The van der Waals surface area contributed by atoms with E-state index in [1.165, 1.54) is 18.3 Å². The normalized spacial score (nSPS) is 17.6. The van der Waals surface area contributed by atoms with E-state index < -0.39 is 24.7 Å². The summed E-state index contributed by atoms with van der Waals surface area (Å²) >= 11 is 0. The molecule has 5 nitrogen and oxygen atoms in total. The molecular formula is C16H20F5N3O2. The molecule has 0 radical (unpaired) electrons. The van der Waals surface area contributed by atoms with Crippen LogP contribution in [0.15, 0.2) is 18.3 Å². The van der Waals surface area contributed by atoms with Crippen LogP contribution in [0.4, 0.5) is 26.7 Å². The van der Waals surface area contributed by atoms with Crippen molar-refractivity contribution >= 4 is 6.03 Å². The summed E-state index contributed by atoms with van der Waals surface area (Å²) in [6.07, 6.45) is -2.80. The van der Waals surface area contributed by atoms with E-state index in [1.807, 2.05) is 0 Å². The van der Waals surface area contributed by atoms with E-state index in [1.54, 1.807) is 0 Å². The van der Waals surface area contributed by atoms with Crippen LogP contribution in [0.2, 0.25) is 0 Å². The zero-order valence-electron chi connectivity index (χ0n) is 13.9. The zero-order chi connectivity index (χ0) is 19.2. The van der Waals surface area contributed by atoms with E-state index in [2.05, 4.69) is 20.4 Å². The van der Waals surface area contributed by atoms with Gasteiger partial charge >= 0.3 is 12.2 Å². The van der Waals surface area contributed by atoms with Crippen molar-refractivity contribution < 1.29 is 31.5 Å². The number of nitrogens with zero attached hydrogens (tertiary/aromatic N) is 1. The number of ether oxygens (including phenoxy) is 1. The SMILES string of the molecule is O=C(NCc1ccnc(OCC(F)(F)F)c1)NCC1CCC(F)(F)CC1. The fourth-order valence-electron chi connectivity index (χ4n) is 2.58. The van der Waals surface area contributed by atoms with Crippen LogP contribution in [0.1, 0.15) is 31.2 Å². The Morgan fingerprint density at radius 1 is 1.27 bits per heavy atom. The molecule has 0 aliphatic heterocycles. The molecule has 0 aromatic carbocycles. The lowest BCUT2D eigenvalue weighted by Crippen LogP contribution is -2.39. The number of halogens is 5. The minimum Gasteiger partial charge on any atom is -0.468 e. The first-order chi connectivity index (χ1) is 12.1. The molecule has 0 atom stereocenters. The van der Waals surface area contributed by atoms with Crippen LogP contribution in [-0.4, -0.2) is 36.3 Å². The van der Waals surface area contributed by atoms with Gasteiger partial charge in [0.15, 0.2) is 6.61 Å². The van der Waals surface area contributed by atoms with Gasteiger partial charge < -0.3 is 15.4 Å². The van der Waals surface area contributed by atoms with Crippen molar-refractivity contribution in [1.29, 1.82) is 0 Å². The summed E-state index contributed by atoms with van der Waals surface area (Å²) in [6, 6.07) is 2.36. The number of hydrogen-bond acceptors (Lipinski definition) is 3. The molecule has 1 aromatic rings. The molecule has 0 unspecified atom stereocenters. The number of hydrogen-bond donors (Lipinski definition) is 2. The van der Waals surface area contributed by atoms with Gasteiger partial charge in [-0.1, -0.05) is 0 Å². The number of aromatic nitrogens is 1. The Labute approximate surface area is 147 Å². The van der Waals surface area contributed by atoms with Crippen molar-refractivity contribution in [1.82, 2.24) is 15.6 Å². The number of urea groups is 1. The lowest BCUT2D eigenvalue weighted by Gasteiger charge is -2.28. The predicted molar refractivity (Wildman–Crippen MR) is 82.9 cm³/mol. The molecule has 1 aromatic heterocycles. The van der Waals surface area contributed by atoms with Gasteiger partial charge in [-0.15, -0.1) is 0 Å². The molecule has 1 saturated carbocycles. The van der Waals surface area contributed by atoms with Crippen molar-refractivity contribution in [2.24, 2.45) is 5.92 Å². The molecule has 1 aliphatic carbocycles. The van der Waals surface area contributed by atoms with Crippen LogP contribution in [0.25, 0.3) is 0 Å². The van der Waals surface area contributed by atoms with Gasteiger partial charge in [0.05, 0.1) is 0 Å². The van der Waals surface area contributed by atoms with Crippen LogP contribution in [0.5, 0.6) is 5.88 Å². The highest BCUT2D eigenvalue weighted by Gasteiger charge is 2.34. The Balaban J connectivity index is 1.70. The highest BCUT2D eigenvalue weighted by molar-refractivity contribution is 5.73. The fraction of sp³-hybridized carbons (Fsp3) is 0.625. The second kappa shape index (κ2) is 8.50. The Morgan fingerprint density at radius 2 is 1.96 bits per heavy atom. The molecule has 1 fully saturated rings. The molecular weight excluding hydrogens is 361 g/mol. The van der Waals surface area contributed by atoms with E-state index in [0.717, 1.165) is 0 Å². The molecule has 26 heavy (non-hydrogen) atoms. The largest absolute Gasteiger partial charge is 0.468 e. The maximum Gasteiger partial charge on any atom is 0.422 e. The number of amides is 2. The molecule has 2 rings (SSSR count). The van der Waals surface area contributed by atoms with Gasteiger partial charge in [-0.2, -0.15) is 13.2 Å². The van der Waals surface area contributed by atoms with Crippen LogP contribution < -0.4 is 15.4 Å². The molecule has 0 bridgehead atoms. The highest BCUT2D eigenvalue weighted by Crippen LogP contribution is 2.35. The summed E-state index contributed by atoms with van der Waals surface area (Å²) in [5.41, 5.74) is 0.518. The average molecular weight is 381 g/mol. The Hall–Kier alpha value is -2.13. The summed E-state index contributed by atoms with van der Waals surface area (Å²) in [5, 5.41) is 5.17. The third kappa shape index (κ3) is 7.40. The summed E-state index contributed by atoms with van der Waals surface area (Å²) in [7, 11) is 0. The third-order valence-electron chi connectivity index (χ3n) is 4.02. The van der Waals surface area contributed by atoms with E-state index in [-0.39, 0.29) is 31.2 Å². The number of nitrogens with one attached hydrogen (secondary N) is 2. The van der Waals surface area contributed by atoms with E-state index >= 15 is 0 Å². The standard InChI is InChI=1S/C16H20F5N3O2/c17-15(18)4-1-11(2-5-15)8-23-14(25)24-9-12-3-6-22-13(7-12)26-10-16(19,20)21/h3,6-7,11H,1-2,4-5,8-10H2,(H2,23,24,25). The van der Waals surface area contributed by atoms with E-state index in [9.17, 15) is 26.7 Å². The van der Waals surface area contributed by atoms with Crippen molar-refractivity contribution in [3.8, 4) is 5.88 Å². The van der Waals surface area contributed by atoms with Gasteiger partial charge in [0.2, 0.25) is 11.8 Å². The smallest absolute Gasteiger partial charge is 0.422 e. The molecule has 2 N–H and O–H groups in total. The van der Waals surface area contributed by atoms with Gasteiger partial charge in [0.1, 0.15) is 0 Å². The highest BCUT2D eigenvalue weighted by atomic mass is 19.4. The Morgan fingerprint density at radius 3 is 2.62 bits per heavy atom. The summed E-state index contributed by atoms with van der Waals surface area (Å²) in [4.78, 5) is 15.4. The third-order valence-corrected chi connectivity index (χ3v) is 4.02. The van der Waals surface area contributed by atoms with E-state index in [4.69, 9.17) is 0 Å². The summed E-state index contributed by atoms with van der Waals surface area (Å²) in [6.45, 7) is -1.07. The molecule has 1 heterocycles. The fourth-order valence-corrected chi connectivity index (χ4v) is 2.58. The quantitative estimate of drug-likeness (QED) is 0.740. The number of pyridine rings is 1. The zero-order valence-corrected chi connectivity index (χ0v) is 13.9. The number of carbonyl (C=O) groups is 1. The molecule has 0 spiro atoms. The van der Waals surface area contributed by atoms with Crippen LogP contribution in [0, 0.1) is 5.92 Å². The number of carbonyl (C=O) groups excluding carboxylic acids is 1. The van der Waals surface area contributed by atoms with Gasteiger partial charge in [-0.25, -0.2) is 18.6 Å². The second-order valence-electron chi connectivity index (χ2n) is 6.27. The van der Waals surface area contributed by atoms with Crippen LogP contribution >= 0.6 is 0 Å². The molecule has 10 heteroatoms. The first-order valence-electron chi connectivity index (χ1n) is 8.17. The van der Waals surface area contributed by atoms with Gasteiger partial charge in [0, 0.05) is 38.2 Å². The molecule has 0 saturated heterocycles. The Kier molecular flexibility index (Phi) is 6.60. The van der Waals surface area contributed by atoms with Crippen molar-refractivity contribution in [2.75, 3.05) is 13.2 Å². The predicted octanol–water partition coefficient (Wildman–Crippen LogP) is 3.65. The second-order valence-corrected chi connectivity index (χ2v) is 6.27. The number of rotatable bonds is 6. The molecule has 1 aliphatic rings. The monoisotopic (exact) mass is 381 g/mol. The summed E-state index contributed by atoms with van der Waals surface area (Å²) in [5.74, 6) is -2.78. The summed E-state index contributed by atoms with van der Waals surface area (Å²) < 4.78 is 67.0. The van der Waals surface area contributed by atoms with Crippen LogP contribution in [-0.2, 0) is 6.54 Å². The lowest BCUT2D eigenvalue weighted by atomic mass is 9.87. The Bertz CT molecular complexity index is 600. The van der Waals surface area contributed by atoms with Crippen molar-refractivity contribution in [2.45, 2.75) is 44.3 Å². The first-order valence-corrected chi connectivity index (χ1v) is 8.17. The van der Waals surface area contributed by atoms with E-state index in [0.29, 0.717) is 24.9 Å². The minimum absolute atomic E-state index is 0.0173. The maximum absolute atomic E-state index is 13.1. The van der Waals surface area contributed by atoms with Gasteiger partial charge in [-0.3, -0.25) is 0 Å². The molecule has 146 valence electrons. The minimum atomic E-state index is -4.46. The van der Waals surface area contributed by atoms with Gasteiger partial charge in [-0.05, 0) is 30.4 Å². The lowest BCUT2D eigenvalue weighted by molar-refractivity contribution is -0.154. The topological polar surface area (TPSA) is 63.2 Å². The van der Waals surface area contributed by atoms with Gasteiger partial charge in [0.25, 0.3) is 0 Å². The van der Waals surface area contributed by atoms with Crippen molar-refractivity contribution in [3.63, 3.8) is 0 Å². The average Bonchev–Trinajstić information content (AvgIpc) is 2.57. The molecule has 2 amide bonds. The number of alkyl halides is 5. The van der Waals surface area contributed by atoms with Crippen LogP contribution in [0.3, 0.4) is 0 Å². The van der Waals surface area contributed by atoms with Crippen molar-refractivity contribution in [3.05, 3.63) is 23.9 Å².